The summed E-state index contributed by atoms with van der Waals surface area (Å²) in [5.41, 5.74) is 3.27. The van der Waals surface area contributed by atoms with Crippen LogP contribution in [-0.4, -0.2) is 32.5 Å². The zero-order chi connectivity index (χ0) is 18.2. The van der Waals surface area contributed by atoms with Gasteiger partial charge in [-0.3, -0.25) is 9.05 Å². The Morgan fingerprint density at radius 1 is 1.21 bits per heavy atom. The fourth-order valence-corrected chi connectivity index (χ4v) is 4.11. The predicted molar refractivity (Wildman–Crippen MR) is 93.9 cm³/mol. The molecule has 0 aromatic heterocycles. The molecule has 0 spiro atoms. The van der Waals surface area contributed by atoms with Crippen molar-refractivity contribution in [1.82, 2.24) is 4.31 Å². The average Bonchev–Trinajstić information content (AvgIpc) is 2.52. The van der Waals surface area contributed by atoms with Gasteiger partial charge in [0.2, 0.25) is 0 Å². The Morgan fingerprint density at radius 3 is 2.21 bits per heavy atom. The molecule has 0 radical (unpaired) electrons. The Hall–Kier alpha value is -1.58. The molecule has 0 amide bonds. The summed E-state index contributed by atoms with van der Waals surface area (Å²) >= 11 is 0. The second kappa shape index (κ2) is 9.05. The summed E-state index contributed by atoms with van der Waals surface area (Å²) in [5.74, 6) is 0. The van der Waals surface area contributed by atoms with E-state index in [0.717, 1.165) is 9.87 Å². The number of aryl methyl sites for hydroxylation is 1. The van der Waals surface area contributed by atoms with Crippen LogP contribution in [0.4, 0.5) is 0 Å². The SMILES string of the molecule is C=CCN(C#CP(=O)(OCC)OCC)S(=O)(=O)c1ccc(C)cc1. The first kappa shape index (κ1) is 20.5. The third-order valence-electron chi connectivity index (χ3n) is 2.81. The molecule has 0 aliphatic rings. The summed E-state index contributed by atoms with van der Waals surface area (Å²) in [6.07, 6.45) is 1.40. The van der Waals surface area contributed by atoms with Crippen molar-refractivity contribution in [3.63, 3.8) is 0 Å². The summed E-state index contributed by atoms with van der Waals surface area (Å²) in [7, 11) is -7.54. The fourth-order valence-electron chi connectivity index (χ4n) is 1.72. The lowest BCUT2D eigenvalue weighted by Gasteiger charge is -2.17. The largest absolute Gasteiger partial charge is 0.407 e. The first-order valence-electron chi connectivity index (χ1n) is 7.41. The third-order valence-corrected chi connectivity index (χ3v) is 6.07. The van der Waals surface area contributed by atoms with Crippen LogP contribution in [0.2, 0.25) is 0 Å². The van der Waals surface area contributed by atoms with E-state index in [4.69, 9.17) is 9.05 Å². The Bertz CT molecular complexity index is 752. The first-order chi connectivity index (χ1) is 11.3. The van der Waals surface area contributed by atoms with Gasteiger partial charge in [0.1, 0.15) is 0 Å². The number of benzene rings is 1. The van der Waals surface area contributed by atoms with Gasteiger partial charge in [-0.15, -0.1) is 6.58 Å². The predicted octanol–water partition coefficient (Wildman–Crippen LogP) is 3.36. The lowest BCUT2D eigenvalue weighted by Crippen LogP contribution is -2.26. The molecule has 0 aliphatic heterocycles. The van der Waals surface area contributed by atoms with Gasteiger partial charge in [-0.25, -0.2) is 17.3 Å². The van der Waals surface area contributed by atoms with Crippen LogP contribution < -0.4 is 0 Å². The topological polar surface area (TPSA) is 72.9 Å². The first-order valence-corrected chi connectivity index (χ1v) is 10.4. The average molecular weight is 371 g/mol. The molecular weight excluding hydrogens is 349 g/mol. The molecule has 6 nitrogen and oxygen atoms in total. The minimum Gasteiger partial charge on any atom is -0.300 e. The van der Waals surface area contributed by atoms with Crippen molar-refractivity contribution in [2.45, 2.75) is 25.7 Å². The summed E-state index contributed by atoms with van der Waals surface area (Å²) in [6.45, 7) is 8.91. The van der Waals surface area contributed by atoms with E-state index in [1.54, 1.807) is 26.0 Å². The highest BCUT2D eigenvalue weighted by Crippen LogP contribution is 2.46. The highest BCUT2D eigenvalue weighted by atomic mass is 32.2. The fraction of sp³-hybridized carbons (Fsp3) is 0.375. The van der Waals surface area contributed by atoms with Gasteiger partial charge in [-0.1, -0.05) is 23.8 Å². The zero-order valence-electron chi connectivity index (χ0n) is 14.1. The van der Waals surface area contributed by atoms with Crippen molar-refractivity contribution in [2.24, 2.45) is 0 Å². The molecule has 0 heterocycles. The van der Waals surface area contributed by atoms with Gasteiger partial charge in [-0.05, 0) is 32.9 Å². The summed E-state index contributed by atoms with van der Waals surface area (Å²) in [4.78, 5) is 0.0897. The van der Waals surface area contributed by atoms with Crippen LogP contribution in [0.15, 0.2) is 41.8 Å². The molecule has 0 N–H and O–H groups in total. The van der Waals surface area contributed by atoms with Gasteiger partial charge >= 0.3 is 7.60 Å². The second-order valence-corrected chi connectivity index (χ2v) is 8.29. The Morgan fingerprint density at radius 2 is 1.75 bits per heavy atom. The van der Waals surface area contributed by atoms with E-state index in [1.807, 2.05) is 6.92 Å². The highest BCUT2D eigenvalue weighted by Gasteiger charge is 2.24. The number of hydrogen-bond acceptors (Lipinski definition) is 5. The molecule has 0 bridgehead atoms. The normalized spacial score (nSPS) is 11.5. The zero-order valence-corrected chi connectivity index (χ0v) is 15.8. The van der Waals surface area contributed by atoms with Crippen molar-refractivity contribution in [3.05, 3.63) is 42.5 Å². The Balaban J connectivity index is 3.24. The van der Waals surface area contributed by atoms with E-state index in [2.05, 4.69) is 18.3 Å². The van der Waals surface area contributed by atoms with Gasteiger partial charge in [-0.2, -0.15) is 0 Å². The molecule has 1 aromatic carbocycles. The molecule has 1 rings (SSSR count). The summed E-state index contributed by atoms with van der Waals surface area (Å²) in [5, 5.41) is 0. The maximum atomic E-state index is 12.7. The lowest BCUT2D eigenvalue weighted by atomic mass is 10.2. The molecule has 0 saturated heterocycles. The highest BCUT2D eigenvalue weighted by molar-refractivity contribution is 7.89. The van der Waals surface area contributed by atoms with Crippen LogP contribution >= 0.6 is 7.60 Å². The van der Waals surface area contributed by atoms with Gasteiger partial charge in [0, 0.05) is 11.7 Å². The summed E-state index contributed by atoms with van der Waals surface area (Å²) in [6, 6.07) is 8.77. The van der Waals surface area contributed by atoms with Crippen LogP contribution in [0.5, 0.6) is 0 Å². The molecular formula is C16H22NO5PS. The molecule has 0 atom stereocenters. The van der Waals surface area contributed by atoms with Crippen LogP contribution in [-0.2, 0) is 23.6 Å². The minimum absolute atomic E-state index is 0.0541. The molecule has 24 heavy (non-hydrogen) atoms. The van der Waals surface area contributed by atoms with Crippen molar-refractivity contribution in [3.8, 4) is 11.7 Å². The number of sulfonamides is 1. The quantitative estimate of drug-likeness (QED) is 0.303. The number of rotatable bonds is 8. The standard InChI is InChI=1S/C16H22NO5PS/c1-5-12-17(13-14-23(18,21-6-2)22-7-3)24(19,20)16-10-8-15(4)9-11-16/h5,8-11H,1,6-7,12H2,2-4H3. The van der Waals surface area contributed by atoms with E-state index >= 15 is 0 Å². The van der Waals surface area contributed by atoms with Crippen LogP contribution in [0.25, 0.3) is 0 Å². The van der Waals surface area contributed by atoms with Crippen LogP contribution in [0, 0.1) is 18.6 Å². The molecule has 0 fully saturated rings. The van der Waals surface area contributed by atoms with E-state index in [0.29, 0.717) is 0 Å². The Kier molecular flexibility index (Phi) is 7.71. The maximum absolute atomic E-state index is 12.7. The lowest BCUT2D eigenvalue weighted by molar-refractivity contribution is 0.230. The van der Waals surface area contributed by atoms with E-state index in [1.165, 1.54) is 18.2 Å². The molecule has 0 aliphatic carbocycles. The van der Waals surface area contributed by atoms with Crippen molar-refractivity contribution >= 4 is 17.6 Å². The van der Waals surface area contributed by atoms with E-state index < -0.39 is 17.6 Å². The van der Waals surface area contributed by atoms with Gasteiger partial charge in [0.15, 0.2) is 0 Å². The molecule has 0 unspecified atom stereocenters. The minimum atomic E-state index is -3.88. The van der Waals surface area contributed by atoms with Crippen LogP contribution in [0.1, 0.15) is 19.4 Å². The second-order valence-electron chi connectivity index (χ2n) is 4.69. The van der Waals surface area contributed by atoms with Crippen molar-refractivity contribution in [2.75, 3.05) is 19.8 Å². The monoisotopic (exact) mass is 371 g/mol. The van der Waals surface area contributed by atoms with Gasteiger partial charge < -0.3 is 0 Å². The summed E-state index contributed by atoms with van der Waals surface area (Å²) < 4.78 is 48.7. The van der Waals surface area contributed by atoms with Crippen molar-refractivity contribution < 1.29 is 22.0 Å². The molecule has 0 saturated carbocycles. The van der Waals surface area contributed by atoms with E-state index in [9.17, 15) is 13.0 Å². The molecule has 8 heteroatoms. The van der Waals surface area contributed by atoms with Gasteiger partial charge in [0.25, 0.3) is 10.0 Å². The molecule has 132 valence electrons. The van der Waals surface area contributed by atoms with E-state index in [-0.39, 0.29) is 24.7 Å². The number of nitrogens with zero attached hydrogens (tertiary/aromatic N) is 1. The van der Waals surface area contributed by atoms with Gasteiger partial charge in [0.05, 0.1) is 24.7 Å². The number of hydrogen-bond donors (Lipinski definition) is 0. The maximum Gasteiger partial charge on any atom is 0.407 e. The Labute approximate surface area is 144 Å². The smallest absolute Gasteiger partial charge is 0.300 e. The van der Waals surface area contributed by atoms with Crippen LogP contribution in [0.3, 0.4) is 0 Å². The van der Waals surface area contributed by atoms with Crippen molar-refractivity contribution in [1.29, 1.82) is 0 Å². The third kappa shape index (κ3) is 5.50. The molecule has 1 aromatic rings.